The molecule has 0 bridgehead atoms. The largest absolute Gasteiger partial charge is 0.464 e. The molecule has 1 fully saturated rings. The number of likely N-dealkylation sites (tertiary alicyclic amines) is 1. The molecule has 1 aromatic rings. The summed E-state index contributed by atoms with van der Waals surface area (Å²) < 4.78 is 4.68. The molecule has 0 radical (unpaired) electrons. The van der Waals surface area contributed by atoms with Gasteiger partial charge in [-0.25, -0.2) is 9.78 Å². The minimum absolute atomic E-state index is 0.307. The molecule has 0 spiro atoms. The third kappa shape index (κ3) is 3.70. The van der Waals surface area contributed by atoms with Crippen LogP contribution in [-0.2, 0) is 4.74 Å². The molecule has 0 atom stereocenters. The fraction of sp³-hybridized carbons (Fsp3) is 0.600. The number of ether oxygens (including phenoxy) is 1. The lowest BCUT2D eigenvalue weighted by Gasteiger charge is -2.38. The van der Waals surface area contributed by atoms with E-state index in [1.54, 1.807) is 12.3 Å². The molecule has 1 aromatic heterocycles. The topological polar surface area (TPSA) is 54.5 Å². The van der Waals surface area contributed by atoms with E-state index in [9.17, 15) is 4.79 Å². The summed E-state index contributed by atoms with van der Waals surface area (Å²) in [6.45, 7) is 5.50. The number of carbonyl (C=O) groups excluding carboxylic acids is 1. The maximum Gasteiger partial charge on any atom is 0.356 e. The Morgan fingerprint density at radius 1 is 1.50 bits per heavy atom. The van der Waals surface area contributed by atoms with Gasteiger partial charge in [0, 0.05) is 18.4 Å². The molecule has 1 aliphatic rings. The van der Waals surface area contributed by atoms with E-state index in [-0.39, 0.29) is 0 Å². The predicted octanol–water partition coefficient (Wildman–Crippen LogP) is 2.01. The van der Waals surface area contributed by atoms with Gasteiger partial charge in [-0.2, -0.15) is 0 Å². The van der Waals surface area contributed by atoms with E-state index in [1.807, 2.05) is 6.07 Å². The molecular weight excluding hydrogens is 254 g/mol. The second-order valence-electron chi connectivity index (χ2n) is 5.89. The normalized spacial score (nSPS) is 18.6. The van der Waals surface area contributed by atoms with Crippen molar-refractivity contribution in [2.75, 3.05) is 39.1 Å². The van der Waals surface area contributed by atoms with Crippen LogP contribution in [0.4, 0.5) is 5.69 Å². The Balaban J connectivity index is 1.95. The smallest absolute Gasteiger partial charge is 0.356 e. The number of carbonyl (C=O) groups is 1. The zero-order valence-corrected chi connectivity index (χ0v) is 12.5. The van der Waals surface area contributed by atoms with E-state index in [4.69, 9.17) is 0 Å². The highest BCUT2D eigenvalue weighted by atomic mass is 16.5. The fourth-order valence-electron chi connectivity index (χ4n) is 2.41. The molecule has 5 heteroatoms. The summed E-state index contributed by atoms with van der Waals surface area (Å²) in [5, 5.41) is 3.42. The van der Waals surface area contributed by atoms with Crippen LogP contribution >= 0.6 is 0 Å². The number of pyridine rings is 1. The van der Waals surface area contributed by atoms with Crippen molar-refractivity contribution in [1.29, 1.82) is 0 Å². The van der Waals surface area contributed by atoms with Gasteiger partial charge in [-0.1, -0.05) is 6.92 Å². The van der Waals surface area contributed by atoms with Crippen LogP contribution in [0.5, 0.6) is 0 Å². The zero-order chi connectivity index (χ0) is 14.6. The van der Waals surface area contributed by atoms with Crippen LogP contribution in [0.25, 0.3) is 0 Å². The summed E-state index contributed by atoms with van der Waals surface area (Å²) in [4.78, 5) is 17.8. The molecule has 0 aromatic carbocycles. The highest BCUT2D eigenvalue weighted by molar-refractivity contribution is 5.88. The van der Waals surface area contributed by atoms with Crippen LogP contribution < -0.4 is 5.32 Å². The number of piperidine rings is 1. The molecule has 20 heavy (non-hydrogen) atoms. The van der Waals surface area contributed by atoms with Crippen molar-refractivity contribution in [3.05, 3.63) is 24.0 Å². The Kier molecular flexibility index (Phi) is 4.60. The molecule has 110 valence electrons. The highest BCUT2D eigenvalue weighted by Gasteiger charge is 2.28. The van der Waals surface area contributed by atoms with Crippen LogP contribution in [0.15, 0.2) is 18.3 Å². The first-order valence-corrected chi connectivity index (χ1v) is 6.99. The van der Waals surface area contributed by atoms with Crippen molar-refractivity contribution >= 4 is 11.7 Å². The monoisotopic (exact) mass is 277 g/mol. The van der Waals surface area contributed by atoms with E-state index >= 15 is 0 Å². The highest BCUT2D eigenvalue weighted by Crippen LogP contribution is 2.30. The Labute approximate surface area is 120 Å². The molecule has 5 nitrogen and oxygen atoms in total. The van der Waals surface area contributed by atoms with Crippen molar-refractivity contribution in [3.63, 3.8) is 0 Å². The first kappa shape index (κ1) is 14.8. The number of aromatic nitrogens is 1. The predicted molar refractivity (Wildman–Crippen MR) is 78.9 cm³/mol. The fourth-order valence-corrected chi connectivity index (χ4v) is 2.41. The lowest BCUT2D eigenvalue weighted by Crippen LogP contribution is -2.40. The van der Waals surface area contributed by atoms with E-state index in [1.165, 1.54) is 20.0 Å². The average Bonchev–Trinajstić information content (AvgIpc) is 2.48. The van der Waals surface area contributed by atoms with Gasteiger partial charge >= 0.3 is 5.97 Å². The Morgan fingerprint density at radius 2 is 2.20 bits per heavy atom. The van der Waals surface area contributed by atoms with Gasteiger partial charge in [0.25, 0.3) is 0 Å². The third-order valence-corrected chi connectivity index (χ3v) is 4.07. The van der Waals surface area contributed by atoms with Crippen molar-refractivity contribution in [2.24, 2.45) is 5.41 Å². The van der Waals surface area contributed by atoms with Crippen LogP contribution in [0.1, 0.15) is 30.3 Å². The molecule has 0 saturated carbocycles. The van der Waals surface area contributed by atoms with E-state index < -0.39 is 5.97 Å². The molecule has 0 amide bonds. The second kappa shape index (κ2) is 6.22. The first-order valence-electron chi connectivity index (χ1n) is 6.99. The number of methoxy groups -OCH3 is 1. The third-order valence-electron chi connectivity index (χ3n) is 4.07. The summed E-state index contributed by atoms with van der Waals surface area (Å²) in [6.07, 6.45) is 4.00. The SMILES string of the molecule is COC(=O)c1cc(NCC2(C)CCN(C)CC2)ccn1. The minimum Gasteiger partial charge on any atom is -0.464 e. The standard InChI is InChI=1S/C15H23N3O2/c1-15(5-8-18(2)9-6-15)11-17-12-4-7-16-13(10-12)14(19)20-3/h4,7,10H,5-6,8-9,11H2,1-3H3,(H,16,17). The van der Waals surface area contributed by atoms with Gasteiger partial charge in [-0.3, -0.25) is 0 Å². The van der Waals surface area contributed by atoms with Gasteiger partial charge in [-0.05, 0) is 50.5 Å². The van der Waals surface area contributed by atoms with E-state index in [0.29, 0.717) is 11.1 Å². The molecule has 0 aliphatic carbocycles. The van der Waals surface area contributed by atoms with E-state index in [2.05, 4.69) is 33.9 Å². The van der Waals surface area contributed by atoms with E-state index in [0.717, 1.165) is 25.3 Å². The molecule has 0 unspecified atom stereocenters. The quantitative estimate of drug-likeness (QED) is 0.853. The first-order chi connectivity index (χ1) is 9.52. The number of rotatable bonds is 4. The summed E-state index contributed by atoms with van der Waals surface area (Å²) in [6, 6.07) is 3.62. The Hall–Kier alpha value is -1.62. The lowest BCUT2D eigenvalue weighted by molar-refractivity contribution is 0.0594. The number of anilines is 1. The summed E-state index contributed by atoms with van der Waals surface area (Å²) in [5.74, 6) is -0.404. The summed E-state index contributed by atoms with van der Waals surface area (Å²) in [5.41, 5.74) is 1.56. The van der Waals surface area contributed by atoms with Crippen LogP contribution in [-0.4, -0.2) is 49.6 Å². The van der Waals surface area contributed by atoms with Crippen molar-refractivity contribution in [3.8, 4) is 0 Å². The molecule has 1 saturated heterocycles. The summed E-state index contributed by atoms with van der Waals surface area (Å²) >= 11 is 0. The van der Waals surface area contributed by atoms with Gasteiger partial charge in [0.2, 0.25) is 0 Å². The van der Waals surface area contributed by atoms with Gasteiger partial charge in [0.1, 0.15) is 5.69 Å². The number of nitrogens with one attached hydrogen (secondary N) is 1. The molecule has 1 aliphatic heterocycles. The minimum atomic E-state index is -0.404. The summed E-state index contributed by atoms with van der Waals surface area (Å²) in [7, 11) is 3.53. The zero-order valence-electron chi connectivity index (χ0n) is 12.5. The maximum atomic E-state index is 11.5. The number of esters is 1. The number of hydrogen-bond donors (Lipinski definition) is 1. The lowest BCUT2D eigenvalue weighted by atomic mass is 9.80. The number of hydrogen-bond acceptors (Lipinski definition) is 5. The maximum absolute atomic E-state index is 11.5. The van der Waals surface area contributed by atoms with Gasteiger partial charge in [-0.15, -0.1) is 0 Å². The van der Waals surface area contributed by atoms with Gasteiger partial charge < -0.3 is 15.0 Å². The van der Waals surface area contributed by atoms with Crippen LogP contribution in [0.2, 0.25) is 0 Å². The van der Waals surface area contributed by atoms with Gasteiger partial charge in [0.15, 0.2) is 0 Å². The van der Waals surface area contributed by atoms with Crippen molar-refractivity contribution in [2.45, 2.75) is 19.8 Å². The molecular formula is C15H23N3O2. The van der Waals surface area contributed by atoms with Gasteiger partial charge in [0.05, 0.1) is 7.11 Å². The second-order valence-corrected chi connectivity index (χ2v) is 5.89. The van der Waals surface area contributed by atoms with Crippen LogP contribution in [0, 0.1) is 5.41 Å². The molecule has 1 N–H and O–H groups in total. The van der Waals surface area contributed by atoms with Crippen LogP contribution in [0.3, 0.4) is 0 Å². The molecule has 2 rings (SSSR count). The average molecular weight is 277 g/mol. The van der Waals surface area contributed by atoms with Crippen molar-refractivity contribution in [1.82, 2.24) is 9.88 Å². The van der Waals surface area contributed by atoms with Crippen molar-refractivity contribution < 1.29 is 9.53 Å². The Bertz CT molecular complexity index is 468. The number of nitrogens with zero attached hydrogens (tertiary/aromatic N) is 2. The Morgan fingerprint density at radius 3 is 2.85 bits per heavy atom. The molecule has 2 heterocycles.